The normalized spacial score (nSPS) is 12.2. The first-order chi connectivity index (χ1) is 10.0. The van der Waals surface area contributed by atoms with E-state index in [0.717, 1.165) is 37.4 Å². The molecular formula is C17H29N3O. The molecule has 0 radical (unpaired) electrons. The average Bonchev–Trinajstić information content (AvgIpc) is 2.44. The summed E-state index contributed by atoms with van der Waals surface area (Å²) < 4.78 is 0. The number of amides is 1. The third-order valence-corrected chi connectivity index (χ3v) is 3.43. The minimum Gasteiger partial charge on any atom is -0.384 e. The molecule has 4 heteroatoms. The Balaban J connectivity index is 2.54. The van der Waals surface area contributed by atoms with Crippen LogP contribution in [0.3, 0.4) is 0 Å². The number of aromatic nitrogens is 1. The van der Waals surface area contributed by atoms with Crippen LogP contribution in [0, 0.1) is 5.92 Å². The Hall–Kier alpha value is -1.58. The quantitative estimate of drug-likeness (QED) is 0.726. The average molecular weight is 291 g/mol. The first kappa shape index (κ1) is 17.5. The van der Waals surface area contributed by atoms with Gasteiger partial charge in [0, 0.05) is 25.0 Å². The Morgan fingerprint density at radius 1 is 1.29 bits per heavy atom. The van der Waals surface area contributed by atoms with Crippen molar-refractivity contribution in [3.8, 4) is 0 Å². The third-order valence-electron chi connectivity index (χ3n) is 3.43. The number of hydrogen-bond acceptors (Lipinski definition) is 3. The molecule has 1 rings (SSSR count). The lowest BCUT2D eigenvalue weighted by Crippen LogP contribution is -2.33. The van der Waals surface area contributed by atoms with Gasteiger partial charge in [0.25, 0.3) is 5.91 Å². The van der Waals surface area contributed by atoms with Crippen LogP contribution in [-0.4, -0.2) is 23.5 Å². The van der Waals surface area contributed by atoms with Gasteiger partial charge in [0.05, 0.1) is 11.3 Å². The number of carbonyl (C=O) groups is 1. The molecule has 0 saturated heterocycles. The van der Waals surface area contributed by atoms with Crippen LogP contribution in [0.4, 0.5) is 5.69 Å². The van der Waals surface area contributed by atoms with Crippen LogP contribution in [0.5, 0.6) is 0 Å². The molecule has 1 amide bonds. The number of anilines is 1. The topological polar surface area (TPSA) is 54.0 Å². The summed E-state index contributed by atoms with van der Waals surface area (Å²) in [6.45, 7) is 9.47. The zero-order chi connectivity index (χ0) is 15.7. The summed E-state index contributed by atoms with van der Waals surface area (Å²) >= 11 is 0. The Bertz CT molecular complexity index is 432. The maximum atomic E-state index is 12.3. The van der Waals surface area contributed by atoms with E-state index in [0.29, 0.717) is 5.56 Å². The molecule has 1 heterocycles. The fourth-order valence-corrected chi connectivity index (χ4v) is 2.20. The molecule has 0 spiro atoms. The van der Waals surface area contributed by atoms with E-state index in [2.05, 4.69) is 43.3 Å². The summed E-state index contributed by atoms with van der Waals surface area (Å²) in [5, 5.41) is 6.34. The highest BCUT2D eigenvalue weighted by Crippen LogP contribution is 2.14. The maximum absolute atomic E-state index is 12.3. The van der Waals surface area contributed by atoms with E-state index >= 15 is 0 Å². The highest BCUT2D eigenvalue weighted by atomic mass is 16.1. The van der Waals surface area contributed by atoms with E-state index in [1.54, 1.807) is 12.4 Å². The molecule has 1 aromatic rings. The summed E-state index contributed by atoms with van der Waals surface area (Å²) in [6.07, 6.45) is 7.73. The minimum absolute atomic E-state index is 0.0428. The Labute approximate surface area is 128 Å². The molecule has 0 aliphatic heterocycles. The lowest BCUT2D eigenvalue weighted by molar-refractivity contribution is 0.0938. The van der Waals surface area contributed by atoms with Crippen molar-refractivity contribution >= 4 is 11.6 Å². The molecule has 2 N–H and O–H groups in total. The smallest absolute Gasteiger partial charge is 0.255 e. The molecular weight excluding hydrogens is 262 g/mol. The predicted molar refractivity (Wildman–Crippen MR) is 88.6 cm³/mol. The summed E-state index contributed by atoms with van der Waals surface area (Å²) in [5.41, 5.74) is 1.49. The van der Waals surface area contributed by atoms with E-state index < -0.39 is 0 Å². The van der Waals surface area contributed by atoms with E-state index in [9.17, 15) is 4.79 Å². The lowest BCUT2D eigenvalue weighted by Gasteiger charge is -2.16. The first-order valence-electron chi connectivity index (χ1n) is 8.03. The summed E-state index contributed by atoms with van der Waals surface area (Å²) in [6, 6.07) is 2.05. The Morgan fingerprint density at radius 2 is 2.05 bits per heavy atom. The summed E-state index contributed by atoms with van der Waals surface area (Å²) in [7, 11) is 0. The molecule has 0 aromatic carbocycles. The number of nitrogens with one attached hydrogen (secondary N) is 2. The van der Waals surface area contributed by atoms with Crippen molar-refractivity contribution in [2.45, 2.75) is 59.4 Å². The van der Waals surface area contributed by atoms with Gasteiger partial charge in [0.1, 0.15) is 0 Å². The first-order valence-corrected chi connectivity index (χ1v) is 8.03. The SMILES string of the molecule is CCCNc1ccncc1C(=O)NC(C)CCCC(C)C. The largest absolute Gasteiger partial charge is 0.384 e. The van der Waals surface area contributed by atoms with Crippen molar-refractivity contribution in [2.24, 2.45) is 5.92 Å². The van der Waals surface area contributed by atoms with Gasteiger partial charge >= 0.3 is 0 Å². The molecule has 0 aliphatic rings. The van der Waals surface area contributed by atoms with Gasteiger partial charge in [-0.2, -0.15) is 0 Å². The number of carbonyl (C=O) groups excluding carboxylic acids is 1. The van der Waals surface area contributed by atoms with Crippen LogP contribution in [0.2, 0.25) is 0 Å². The van der Waals surface area contributed by atoms with E-state index in [4.69, 9.17) is 0 Å². The second-order valence-electron chi connectivity index (χ2n) is 6.05. The molecule has 0 saturated carbocycles. The molecule has 0 fully saturated rings. The molecule has 118 valence electrons. The monoisotopic (exact) mass is 291 g/mol. The van der Waals surface area contributed by atoms with Crippen LogP contribution < -0.4 is 10.6 Å². The minimum atomic E-state index is -0.0428. The molecule has 0 aliphatic carbocycles. The van der Waals surface area contributed by atoms with Crippen LogP contribution in [-0.2, 0) is 0 Å². The number of rotatable bonds is 9. The van der Waals surface area contributed by atoms with Gasteiger partial charge in [-0.05, 0) is 31.7 Å². The van der Waals surface area contributed by atoms with Crippen LogP contribution in [0.25, 0.3) is 0 Å². The Kier molecular flexibility index (Phi) is 7.80. The zero-order valence-corrected chi connectivity index (χ0v) is 13.8. The fraction of sp³-hybridized carbons (Fsp3) is 0.647. The molecule has 1 aromatic heterocycles. The second-order valence-corrected chi connectivity index (χ2v) is 6.05. The van der Waals surface area contributed by atoms with Crippen molar-refractivity contribution in [3.63, 3.8) is 0 Å². The lowest BCUT2D eigenvalue weighted by atomic mass is 10.0. The van der Waals surface area contributed by atoms with Crippen LogP contribution >= 0.6 is 0 Å². The molecule has 1 atom stereocenters. The van der Waals surface area contributed by atoms with Gasteiger partial charge in [-0.15, -0.1) is 0 Å². The number of pyridine rings is 1. The van der Waals surface area contributed by atoms with Crippen molar-refractivity contribution < 1.29 is 4.79 Å². The van der Waals surface area contributed by atoms with Crippen molar-refractivity contribution in [1.29, 1.82) is 0 Å². The third kappa shape index (κ3) is 6.61. The highest BCUT2D eigenvalue weighted by Gasteiger charge is 2.13. The van der Waals surface area contributed by atoms with Gasteiger partial charge in [0.15, 0.2) is 0 Å². The van der Waals surface area contributed by atoms with E-state index in [-0.39, 0.29) is 11.9 Å². The van der Waals surface area contributed by atoms with Crippen LogP contribution in [0.1, 0.15) is 63.7 Å². The van der Waals surface area contributed by atoms with Gasteiger partial charge < -0.3 is 10.6 Å². The van der Waals surface area contributed by atoms with E-state index in [1.165, 1.54) is 6.42 Å². The molecule has 21 heavy (non-hydrogen) atoms. The van der Waals surface area contributed by atoms with Gasteiger partial charge in [-0.1, -0.05) is 33.6 Å². The summed E-state index contributed by atoms with van der Waals surface area (Å²) in [5.74, 6) is 0.676. The number of nitrogens with zero attached hydrogens (tertiary/aromatic N) is 1. The maximum Gasteiger partial charge on any atom is 0.255 e. The highest BCUT2D eigenvalue weighted by molar-refractivity contribution is 5.99. The number of hydrogen-bond donors (Lipinski definition) is 2. The molecule has 0 bridgehead atoms. The predicted octanol–water partition coefficient (Wildman–Crippen LogP) is 3.85. The van der Waals surface area contributed by atoms with Crippen molar-refractivity contribution in [3.05, 3.63) is 24.0 Å². The van der Waals surface area contributed by atoms with Gasteiger partial charge in [-0.3, -0.25) is 9.78 Å². The fourth-order valence-electron chi connectivity index (χ4n) is 2.20. The van der Waals surface area contributed by atoms with Gasteiger partial charge in [0.2, 0.25) is 0 Å². The Morgan fingerprint density at radius 3 is 2.71 bits per heavy atom. The zero-order valence-electron chi connectivity index (χ0n) is 13.8. The summed E-state index contributed by atoms with van der Waals surface area (Å²) in [4.78, 5) is 16.4. The van der Waals surface area contributed by atoms with Crippen LogP contribution in [0.15, 0.2) is 18.5 Å². The van der Waals surface area contributed by atoms with Gasteiger partial charge in [-0.25, -0.2) is 0 Å². The van der Waals surface area contributed by atoms with E-state index in [1.807, 2.05) is 6.07 Å². The molecule has 4 nitrogen and oxygen atoms in total. The van der Waals surface area contributed by atoms with Crippen molar-refractivity contribution in [2.75, 3.05) is 11.9 Å². The standard InChI is InChI=1S/C17H29N3O/c1-5-10-19-16-9-11-18-12-15(16)17(21)20-14(4)8-6-7-13(2)3/h9,11-14H,5-8,10H2,1-4H3,(H,18,19)(H,20,21). The molecule has 1 unspecified atom stereocenters. The second kappa shape index (κ2) is 9.37. The van der Waals surface area contributed by atoms with Crippen molar-refractivity contribution in [1.82, 2.24) is 10.3 Å².